The molecule has 1 aromatic carbocycles. The molecule has 5 heteroatoms. The van der Waals surface area contributed by atoms with Gasteiger partial charge in [-0.25, -0.2) is 0 Å². The van der Waals surface area contributed by atoms with Gasteiger partial charge in [0.2, 0.25) is 0 Å². The van der Waals surface area contributed by atoms with E-state index in [1.54, 1.807) is 18.2 Å². The van der Waals surface area contributed by atoms with Crippen molar-refractivity contribution in [3.8, 4) is 5.75 Å². The highest BCUT2D eigenvalue weighted by molar-refractivity contribution is 5.95. The zero-order chi connectivity index (χ0) is 12.8. The molecule has 0 aromatic heterocycles. The Morgan fingerprint density at radius 3 is 2.76 bits per heavy atom. The summed E-state index contributed by atoms with van der Waals surface area (Å²) in [6.45, 7) is 1.82. The monoisotopic (exact) mass is 238 g/mol. The van der Waals surface area contributed by atoms with Crippen molar-refractivity contribution in [2.24, 2.45) is 0 Å². The van der Waals surface area contributed by atoms with Gasteiger partial charge in [0.05, 0.1) is 25.4 Å². The molecule has 1 amide bonds. The fourth-order valence-electron chi connectivity index (χ4n) is 1.42. The van der Waals surface area contributed by atoms with E-state index in [9.17, 15) is 4.79 Å². The SMILES string of the molecule is CC[C@@H](CO)NC(=O)c1ccc(OC)c(N)c1. The maximum atomic E-state index is 11.8. The number of nitrogens with two attached hydrogens (primary N) is 1. The van der Waals surface area contributed by atoms with Gasteiger partial charge in [-0.1, -0.05) is 6.92 Å². The fourth-order valence-corrected chi connectivity index (χ4v) is 1.42. The van der Waals surface area contributed by atoms with Crippen LogP contribution in [0, 0.1) is 0 Å². The molecule has 0 saturated heterocycles. The van der Waals surface area contributed by atoms with Crippen molar-refractivity contribution in [2.45, 2.75) is 19.4 Å². The Morgan fingerprint density at radius 2 is 2.29 bits per heavy atom. The smallest absolute Gasteiger partial charge is 0.251 e. The van der Waals surface area contributed by atoms with Crippen LogP contribution in [0.1, 0.15) is 23.7 Å². The number of anilines is 1. The first-order valence-electron chi connectivity index (χ1n) is 5.47. The summed E-state index contributed by atoms with van der Waals surface area (Å²) in [6.07, 6.45) is 0.674. The third-order valence-corrected chi connectivity index (χ3v) is 2.54. The largest absolute Gasteiger partial charge is 0.495 e. The van der Waals surface area contributed by atoms with Crippen molar-refractivity contribution in [3.63, 3.8) is 0 Å². The van der Waals surface area contributed by atoms with E-state index in [0.717, 1.165) is 0 Å². The van der Waals surface area contributed by atoms with Gasteiger partial charge in [0, 0.05) is 5.56 Å². The Bertz CT molecular complexity index is 389. The second-order valence-corrected chi connectivity index (χ2v) is 3.72. The van der Waals surface area contributed by atoms with E-state index in [1.165, 1.54) is 7.11 Å². The molecule has 0 aliphatic heterocycles. The van der Waals surface area contributed by atoms with Gasteiger partial charge in [-0.3, -0.25) is 4.79 Å². The van der Waals surface area contributed by atoms with Crippen LogP contribution in [-0.2, 0) is 0 Å². The molecular weight excluding hydrogens is 220 g/mol. The van der Waals surface area contributed by atoms with Crippen molar-refractivity contribution in [2.75, 3.05) is 19.5 Å². The second kappa shape index (κ2) is 6.10. The van der Waals surface area contributed by atoms with E-state index in [0.29, 0.717) is 23.4 Å². The number of hydrogen-bond donors (Lipinski definition) is 3. The van der Waals surface area contributed by atoms with Crippen LogP contribution in [0.5, 0.6) is 5.75 Å². The van der Waals surface area contributed by atoms with Gasteiger partial charge in [-0.2, -0.15) is 0 Å². The van der Waals surface area contributed by atoms with Crippen molar-refractivity contribution < 1.29 is 14.6 Å². The summed E-state index contributed by atoms with van der Waals surface area (Å²) in [4.78, 5) is 11.8. The lowest BCUT2D eigenvalue weighted by atomic mass is 10.1. The lowest BCUT2D eigenvalue weighted by Gasteiger charge is -2.14. The van der Waals surface area contributed by atoms with E-state index < -0.39 is 0 Å². The van der Waals surface area contributed by atoms with Crippen LogP contribution in [0.3, 0.4) is 0 Å². The summed E-state index contributed by atoms with van der Waals surface area (Å²) < 4.78 is 5.01. The molecule has 0 unspecified atom stereocenters. The van der Waals surface area contributed by atoms with Crippen LogP contribution in [0.15, 0.2) is 18.2 Å². The number of aliphatic hydroxyl groups is 1. The quantitative estimate of drug-likeness (QED) is 0.662. The first-order chi connectivity index (χ1) is 8.12. The molecule has 0 aliphatic rings. The topological polar surface area (TPSA) is 84.6 Å². The third kappa shape index (κ3) is 3.35. The van der Waals surface area contributed by atoms with Gasteiger partial charge in [-0.15, -0.1) is 0 Å². The number of ether oxygens (including phenoxy) is 1. The predicted octanol–water partition coefficient (Wildman–Crippen LogP) is 0.778. The lowest BCUT2D eigenvalue weighted by molar-refractivity contribution is 0.0915. The molecule has 4 N–H and O–H groups in total. The summed E-state index contributed by atoms with van der Waals surface area (Å²) >= 11 is 0. The Balaban J connectivity index is 2.79. The lowest BCUT2D eigenvalue weighted by Crippen LogP contribution is -2.36. The highest BCUT2D eigenvalue weighted by atomic mass is 16.5. The Hall–Kier alpha value is -1.75. The van der Waals surface area contributed by atoms with Crippen molar-refractivity contribution in [3.05, 3.63) is 23.8 Å². The molecule has 17 heavy (non-hydrogen) atoms. The summed E-state index contributed by atoms with van der Waals surface area (Å²) in [6, 6.07) is 4.60. The first kappa shape index (κ1) is 13.3. The average Bonchev–Trinajstić information content (AvgIpc) is 2.35. The minimum absolute atomic E-state index is 0.0755. The molecule has 0 bridgehead atoms. The highest BCUT2D eigenvalue weighted by Crippen LogP contribution is 2.21. The molecule has 0 heterocycles. The summed E-state index contributed by atoms with van der Waals surface area (Å²) in [5, 5.41) is 11.7. The van der Waals surface area contributed by atoms with E-state index in [-0.39, 0.29) is 18.6 Å². The number of rotatable bonds is 5. The normalized spacial score (nSPS) is 11.9. The van der Waals surface area contributed by atoms with Crippen molar-refractivity contribution >= 4 is 11.6 Å². The highest BCUT2D eigenvalue weighted by Gasteiger charge is 2.12. The Morgan fingerprint density at radius 1 is 1.59 bits per heavy atom. The van der Waals surface area contributed by atoms with Crippen molar-refractivity contribution in [1.82, 2.24) is 5.32 Å². The molecule has 1 aromatic rings. The molecule has 94 valence electrons. The van der Waals surface area contributed by atoms with Gasteiger partial charge < -0.3 is 20.9 Å². The maximum absolute atomic E-state index is 11.8. The summed E-state index contributed by atoms with van der Waals surface area (Å²) in [5.41, 5.74) is 6.58. The zero-order valence-electron chi connectivity index (χ0n) is 10.1. The van der Waals surface area contributed by atoms with Crippen LogP contribution in [0.2, 0.25) is 0 Å². The predicted molar refractivity (Wildman–Crippen MR) is 66.0 cm³/mol. The summed E-state index contributed by atoms with van der Waals surface area (Å²) in [7, 11) is 1.52. The van der Waals surface area contributed by atoms with E-state index >= 15 is 0 Å². The number of benzene rings is 1. The standard InChI is InChI=1S/C12H18N2O3/c1-3-9(7-15)14-12(16)8-4-5-11(17-2)10(13)6-8/h4-6,9,15H,3,7,13H2,1-2H3,(H,14,16)/t9-/m0/s1. The van der Waals surface area contributed by atoms with Gasteiger partial charge >= 0.3 is 0 Å². The second-order valence-electron chi connectivity index (χ2n) is 3.72. The van der Waals surface area contributed by atoms with Gasteiger partial charge in [0.15, 0.2) is 0 Å². The number of amides is 1. The van der Waals surface area contributed by atoms with Crippen LogP contribution in [0.25, 0.3) is 0 Å². The molecular formula is C12H18N2O3. The molecule has 5 nitrogen and oxygen atoms in total. The zero-order valence-corrected chi connectivity index (χ0v) is 10.1. The van der Waals surface area contributed by atoms with E-state index in [2.05, 4.69) is 5.32 Å². The van der Waals surface area contributed by atoms with E-state index in [4.69, 9.17) is 15.6 Å². The molecule has 0 aliphatic carbocycles. The van der Waals surface area contributed by atoms with Crippen LogP contribution in [-0.4, -0.2) is 30.8 Å². The molecule has 1 atom stereocenters. The number of carbonyl (C=O) groups is 1. The molecule has 0 saturated carbocycles. The number of methoxy groups -OCH3 is 1. The Labute approximate surface area is 101 Å². The molecule has 0 fully saturated rings. The number of hydrogen-bond acceptors (Lipinski definition) is 4. The number of carbonyl (C=O) groups excluding carboxylic acids is 1. The number of aliphatic hydroxyl groups excluding tert-OH is 1. The average molecular weight is 238 g/mol. The number of nitrogens with one attached hydrogen (secondary N) is 1. The minimum Gasteiger partial charge on any atom is -0.495 e. The van der Waals surface area contributed by atoms with Gasteiger partial charge in [0.25, 0.3) is 5.91 Å². The number of nitrogen functional groups attached to an aromatic ring is 1. The van der Waals surface area contributed by atoms with E-state index in [1.807, 2.05) is 6.92 Å². The first-order valence-corrected chi connectivity index (χ1v) is 5.47. The molecule has 0 spiro atoms. The molecule has 1 rings (SSSR count). The van der Waals surface area contributed by atoms with Crippen LogP contribution < -0.4 is 15.8 Å². The van der Waals surface area contributed by atoms with Crippen LogP contribution in [0.4, 0.5) is 5.69 Å². The van der Waals surface area contributed by atoms with Gasteiger partial charge in [-0.05, 0) is 24.6 Å². The molecule has 0 radical (unpaired) electrons. The fraction of sp³-hybridized carbons (Fsp3) is 0.417. The maximum Gasteiger partial charge on any atom is 0.251 e. The van der Waals surface area contributed by atoms with Crippen molar-refractivity contribution in [1.29, 1.82) is 0 Å². The van der Waals surface area contributed by atoms with Crippen LogP contribution >= 0.6 is 0 Å². The third-order valence-electron chi connectivity index (χ3n) is 2.54. The van der Waals surface area contributed by atoms with Gasteiger partial charge in [0.1, 0.15) is 5.75 Å². The minimum atomic E-state index is -0.250. The summed E-state index contributed by atoms with van der Waals surface area (Å²) in [5.74, 6) is 0.288. The Kier molecular flexibility index (Phi) is 4.78.